The van der Waals surface area contributed by atoms with Gasteiger partial charge in [-0.1, -0.05) is 96.5 Å². The summed E-state index contributed by atoms with van der Waals surface area (Å²) in [6.07, 6.45) is 9.57. The number of fused-ring (bicyclic) bond motifs is 7. The molecule has 3 unspecified atom stereocenters. The van der Waals surface area contributed by atoms with Crippen molar-refractivity contribution in [1.82, 2.24) is 0 Å². The van der Waals surface area contributed by atoms with Crippen LogP contribution in [0.4, 0.5) is 0 Å². The minimum Gasteiger partial charge on any atom is -0.454 e. The van der Waals surface area contributed by atoms with Crippen LogP contribution in [-0.4, -0.2) is 52.9 Å². The molecule has 0 radical (unpaired) electrons. The minimum atomic E-state index is -1.52. The molecule has 278 valence electrons. The zero-order valence-corrected chi connectivity index (χ0v) is 32.2. The lowest BCUT2D eigenvalue weighted by atomic mass is 9.33. The molecule has 0 aliphatic heterocycles. The van der Waals surface area contributed by atoms with E-state index in [9.17, 15) is 24.6 Å². The van der Waals surface area contributed by atoms with Gasteiger partial charge in [0.1, 0.15) is 12.4 Å². The Hall–Kier alpha value is -3.03. The molecule has 4 saturated carbocycles. The third-order valence-electron chi connectivity index (χ3n) is 15.6. The standard InChI is InChI=1S/C44H60O7/c1-10-27(2)38(49)51-36-37(50-35(48)19-16-28-14-12-11-13-15-28)44(26-45)30(24-39(36,3)4)29-17-18-32-41(7)22-21-33(46)40(5,6)31(41)20-23-42(32,8)43(29,9)25-34(44)47/h10-17,19,26,30-34,36-37,46-47H,18,20-25H2,1-9H3/b19-16-,27-10-/t30?,31?,32?,33-,34+,36-,37-,41-,42+,43+,44-/m0/s1. The number of allylic oxidation sites excluding steroid dienone is 3. The Morgan fingerprint density at radius 2 is 1.55 bits per heavy atom. The first-order chi connectivity index (χ1) is 23.8. The second-order valence-corrected chi connectivity index (χ2v) is 18.7. The second-order valence-electron chi connectivity index (χ2n) is 18.7. The van der Waals surface area contributed by atoms with Crippen LogP contribution in [0.1, 0.15) is 113 Å². The van der Waals surface area contributed by atoms with E-state index in [1.807, 2.05) is 44.2 Å². The maximum absolute atomic E-state index is 13.8. The molecule has 1 aromatic rings. The van der Waals surface area contributed by atoms with E-state index in [1.165, 1.54) is 11.6 Å². The van der Waals surface area contributed by atoms with Gasteiger partial charge in [0.2, 0.25) is 0 Å². The summed E-state index contributed by atoms with van der Waals surface area (Å²) in [4.78, 5) is 40.9. The van der Waals surface area contributed by atoms with Gasteiger partial charge in [-0.15, -0.1) is 0 Å². The van der Waals surface area contributed by atoms with Crippen LogP contribution in [0.25, 0.3) is 6.08 Å². The van der Waals surface area contributed by atoms with E-state index in [2.05, 4.69) is 40.7 Å². The van der Waals surface area contributed by atoms with Gasteiger partial charge in [0.05, 0.1) is 17.6 Å². The maximum Gasteiger partial charge on any atom is 0.333 e. The number of hydrogen-bond donors (Lipinski definition) is 2. The van der Waals surface area contributed by atoms with E-state index >= 15 is 0 Å². The number of carbonyl (C=O) groups excluding carboxylic acids is 3. The molecule has 0 bridgehead atoms. The lowest BCUT2D eigenvalue weighted by Crippen LogP contribution is -2.72. The van der Waals surface area contributed by atoms with E-state index in [0.29, 0.717) is 30.3 Å². The highest BCUT2D eigenvalue weighted by Crippen LogP contribution is 2.75. The van der Waals surface area contributed by atoms with Crippen LogP contribution in [0.5, 0.6) is 0 Å². The highest BCUT2D eigenvalue weighted by molar-refractivity contribution is 5.89. The zero-order valence-electron chi connectivity index (χ0n) is 32.2. The highest BCUT2D eigenvalue weighted by Gasteiger charge is 2.73. The van der Waals surface area contributed by atoms with Crippen LogP contribution in [0.2, 0.25) is 0 Å². The predicted molar refractivity (Wildman–Crippen MR) is 198 cm³/mol. The van der Waals surface area contributed by atoms with Gasteiger partial charge in [-0.25, -0.2) is 9.59 Å². The Labute approximate surface area is 305 Å². The number of aldehydes is 1. The van der Waals surface area contributed by atoms with E-state index in [4.69, 9.17) is 9.47 Å². The van der Waals surface area contributed by atoms with Crippen molar-refractivity contribution < 1.29 is 34.1 Å². The first kappa shape index (κ1) is 37.7. The molecule has 0 spiro atoms. The topological polar surface area (TPSA) is 110 Å². The normalized spacial score (nSPS) is 42.7. The number of rotatable bonds is 6. The highest BCUT2D eigenvalue weighted by atomic mass is 16.6. The van der Waals surface area contributed by atoms with Gasteiger partial charge in [-0.05, 0) is 110 Å². The number of ether oxygens (including phenoxy) is 2. The maximum atomic E-state index is 13.8. The first-order valence-electron chi connectivity index (χ1n) is 19.1. The third kappa shape index (κ3) is 5.54. The average molecular weight is 701 g/mol. The fourth-order valence-electron chi connectivity index (χ4n) is 12.3. The largest absolute Gasteiger partial charge is 0.454 e. The van der Waals surface area contributed by atoms with Gasteiger partial charge in [-0.3, -0.25) is 0 Å². The van der Waals surface area contributed by atoms with Gasteiger partial charge in [-0.2, -0.15) is 0 Å². The Bertz CT molecular complexity index is 1640. The average Bonchev–Trinajstić information content (AvgIpc) is 3.07. The molecule has 1 aromatic carbocycles. The number of aliphatic hydroxyl groups is 2. The Balaban J connectivity index is 1.45. The quantitative estimate of drug-likeness (QED) is 0.134. The van der Waals surface area contributed by atoms with Gasteiger partial charge >= 0.3 is 11.9 Å². The molecule has 0 aromatic heterocycles. The fraction of sp³-hybridized carbons (Fsp3) is 0.659. The first-order valence-corrected chi connectivity index (χ1v) is 19.1. The van der Waals surface area contributed by atoms with E-state index in [0.717, 1.165) is 44.0 Å². The van der Waals surface area contributed by atoms with Crippen LogP contribution in [-0.2, 0) is 23.9 Å². The molecule has 2 N–H and O–H groups in total. The van der Waals surface area contributed by atoms with Gasteiger partial charge < -0.3 is 24.5 Å². The van der Waals surface area contributed by atoms with Crippen LogP contribution in [0, 0.1) is 50.2 Å². The SMILES string of the molecule is C/C=C(/C)C(=O)O[C@H]1[C@H](OC(=O)/C=C\c2ccccc2)[C@@]2(C=O)C(CC1(C)C)C1=CCC3[C@@]4(C)CC[C@H](O)C(C)(C)C4CC[C@@]3(C)[C@]1(C)C[C@H]2O. The molecule has 5 aliphatic carbocycles. The van der Waals surface area contributed by atoms with Crippen molar-refractivity contribution in [2.24, 2.45) is 50.2 Å². The predicted octanol–water partition coefficient (Wildman–Crippen LogP) is 8.04. The summed E-state index contributed by atoms with van der Waals surface area (Å²) in [7, 11) is 0. The second kappa shape index (κ2) is 12.8. The van der Waals surface area contributed by atoms with Crippen LogP contribution < -0.4 is 0 Å². The fourth-order valence-corrected chi connectivity index (χ4v) is 12.3. The number of carbonyl (C=O) groups is 3. The molecule has 4 fully saturated rings. The summed E-state index contributed by atoms with van der Waals surface area (Å²) in [5.74, 6) is -0.913. The van der Waals surface area contributed by atoms with Crippen molar-refractivity contribution in [2.45, 2.75) is 132 Å². The molecule has 11 atom stereocenters. The van der Waals surface area contributed by atoms with Crippen molar-refractivity contribution in [2.75, 3.05) is 0 Å². The number of hydrogen-bond acceptors (Lipinski definition) is 7. The van der Waals surface area contributed by atoms with Gasteiger partial charge in [0.15, 0.2) is 6.10 Å². The van der Waals surface area contributed by atoms with Crippen LogP contribution >= 0.6 is 0 Å². The molecular formula is C44H60O7. The lowest BCUT2D eigenvalue weighted by Gasteiger charge is -2.72. The molecule has 7 nitrogen and oxygen atoms in total. The van der Waals surface area contributed by atoms with Crippen molar-refractivity contribution in [3.63, 3.8) is 0 Å². The van der Waals surface area contributed by atoms with Crippen LogP contribution in [0.15, 0.2) is 59.7 Å². The van der Waals surface area contributed by atoms with E-state index in [1.54, 1.807) is 26.0 Å². The summed E-state index contributed by atoms with van der Waals surface area (Å²) in [5, 5.41) is 23.7. The Morgan fingerprint density at radius 3 is 2.20 bits per heavy atom. The lowest BCUT2D eigenvalue weighted by molar-refractivity contribution is -0.248. The molecule has 7 heteroatoms. The Kier molecular flexibility index (Phi) is 9.49. The van der Waals surface area contributed by atoms with Gasteiger partial charge in [0.25, 0.3) is 0 Å². The number of aliphatic hydroxyl groups excluding tert-OH is 2. The summed E-state index contributed by atoms with van der Waals surface area (Å²) in [6, 6.07) is 9.40. The minimum absolute atomic E-state index is 0.0177. The molecule has 0 amide bonds. The van der Waals surface area contributed by atoms with Crippen molar-refractivity contribution >= 4 is 24.3 Å². The summed E-state index contributed by atoms with van der Waals surface area (Å²) < 4.78 is 12.5. The van der Waals surface area contributed by atoms with Crippen molar-refractivity contribution in [3.05, 3.63) is 65.3 Å². The third-order valence-corrected chi connectivity index (χ3v) is 15.6. The molecule has 6 rings (SSSR count). The van der Waals surface area contributed by atoms with Crippen molar-refractivity contribution in [1.29, 1.82) is 0 Å². The molecule has 51 heavy (non-hydrogen) atoms. The van der Waals surface area contributed by atoms with E-state index in [-0.39, 0.29) is 22.3 Å². The zero-order chi connectivity index (χ0) is 37.4. The number of esters is 2. The monoisotopic (exact) mass is 700 g/mol. The molecule has 0 heterocycles. The molecule has 0 saturated heterocycles. The van der Waals surface area contributed by atoms with Gasteiger partial charge in [0, 0.05) is 17.1 Å². The van der Waals surface area contributed by atoms with Crippen molar-refractivity contribution in [3.8, 4) is 0 Å². The summed E-state index contributed by atoms with van der Waals surface area (Å²) >= 11 is 0. The van der Waals surface area contributed by atoms with E-state index < -0.39 is 52.4 Å². The molecule has 5 aliphatic rings. The number of benzene rings is 1. The summed E-state index contributed by atoms with van der Waals surface area (Å²) in [6.45, 7) is 19.1. The Morgan fingerprint density at radius 1 is 0.863 bits per heavy atom. The summed E-state index contributed by atoms with van der Waals surface area (Å²) in [5.41, 5.74) is -0.600. The molecular weight excluding hydrogens is 640 g/mol. The van der Waals surface area contributed by atoms with Crippen LogP contribution in [0.3, 0.4) is 0 Å². The smallest absolute Gasteiger partial charge is 0.333 e.